The van der Waals surface area contributed by atoms with Gasteiger partial charge in [-0.3, -0.25) is 4.98 Å². The molecule has 1 atom stereocenters. The van der Waals surface area contributed by atoms with E-state index in [1.54, 1.807) is 12.1 Å². The topological polar surface area (TPSA) is 97.8 Å². The molecule has 10 heteroatoms. The molecule has 4 rings (SSSR count). The zero-order chi connectivity index (χ0) is 21.3. The molecule has 0 saturated carbocycles. The fraction of sp³-hybridized carbons (Fsp3) is 0.250. The van der Waals surface area contributed by atoms with Gasteiger partial charge in [-0.15, -0.1) is 10.2 Å². The van der Waals surface area contributed by atoms with Crippen molar-refractivity contribution in [3.05, 3.63) is 69.1 Å². The summed E-state index contributed by atoms with van der Waals surface area (Å²) in [6.45, 7) is 0. The standard InChI is InChI=1S/C20H17F3N4O2S/c21-20(22,23)13-4-1-11(2-5-13)9-14(24)6-8-17-26-27-18(30-17)12-3-7-15-16(10-12)29-19(28)25-15/h1-5,7,10,14H,6,8-9,24H2,(H,25,28)/t14-/m1/s1. The van der Waals surface area contributed by atoms with Crippen LogP contribution in [0.5, 0.6) is 0 Å². The number of nitrogens with zero attached hydrogens (tertiary/aromatic N) is 2. The van der Waals surface area contributed by atoms with Gasteiger partial charge in [0.25, 0.3) is 0 Å². The molecule has 6 nitrogen and oxygen atoms in total. The van der Waals surface area contributed by atoms with Gasteiger partial charge in [-0.05, 0) is 48.7 Å². The summed E-state index contributed by atoms with van der Waals surface area (Å²) >= 11 is 1.42. The molecule has 0 unspecified atom stereocenters. The minimum absolute atomic E-state index is 0.209. The fourth-order valence-electron chi connectivity index (χ4n) is 3.09. The maximum absolute atomic E-state index is 12.6. The number of nitrogens with one attached hydrogen (secondary N) is 1. The molecule has 30 heavy (non-hydrogen) atoms. The van der Waals surface area contributed by atoms with Gasteiger partial charge in [0.2, 0.25) is 0 Å². The molecule has 2 aromatic heterocycles. The summed E-state index contributed by atoms with van der Waals surface area (Å²) in [6, 6.07) is 10.2. The minimum atomic E-state index is -4.34. The van der Waals surface area contributed by atoms with Crippen LogP contribution in [0.3, 0.4) is 0 Å². The maximum atomic E-state index is 12.6. The first-order chi connectivity index (χ1) is 14.3. The van der Waals surface area contributed by atoms with Crippen LogP contribution in [0.4, 0.5) is 13.2 Å². The maximum Gasteiger partial charge on any atom is 0.417 e. The molecule has 0 fully saturated rings. The van der Waals surface area contributed by atoms with Crippen molar-refractivity contribution in [2.75, 3.05) is 0 Å². The summed E-state index contributed by atoms with van der Waals surface area (Å²) in [5, 5.41) is 9.88. The average molecular weight is 434 g/mol. The molecule has 0 aliphatic carbocycles. The van der Waals surface area contributed by atoms with Crippen LogP contribution in [0.2, 0.25) is 0 Å². The Bertz CT molecular complexity index is 1210. The minimum Gasteiger partial charge on any atom is -0.408 e. The summed E-state index contributed by atoms with van der Waals surface area (Å²) < 4.78 is 43.0. The molecule has 0 amide bonds. The third kappa shape index (κ3) is 4.60. The van der Waals surface area contributed by atoms with E-state index in [1.165, 1.54) is 23.5 Å². The number of H-pyrrole nitrogens is 1. The molecule has 2 aromatic carbocycles. The number of hydrogen-bond acceptors (Lipinski definition) is 6. The molecule has 0 spiro atoms. The van der Waals surface area contributed by atoms with Crippen molar-refractivity contribution in [2.45, 2.75) is 31.5 Å². The third-order valence-electron chi connectivity index (χ3n) is 4.64. The Balaban J connectivity index is 1.36. The van der Waals surface area contributed by atoms with Crippen LogP contribution in [0, 0.1) is 0 Å². The third-order valence-corrected chi connectivity index (χ3v) is 5.68. The number of halogens is 3. The Kier molecular flexibility index (Phi) is 5.44. The van der Waals surface area contributed by atoms with Gasteiger partial charge in [-0.25, -0.2) is 4.79 Å². The van der Waals surface area contributed by atoms with Crippen LogP contribution in [-0.2, 0) is 19.0 Å². The second-order valence-electron chi connectivity index (χ2n) is 6.92. The predicted octanol–water partition coefficient (Wildman–Crippen LogP) is 4.16. The van der Waals surface area contributed by atoms with Crippen LogP contribution >= 0.6 is 11.3 Å². The average Bonchev–Trinajstić information content (AvgIpc) is 3.31. The number of aryl methyl sites for hydroxylation is 1. The first-order valence-corrected chi connectivity index (χ1v) is 9.97. The van der Waals surface area contributed by atoms with Crippen molar-refractivity contribution in [3.63, 3.8) is 0 Å². The van der Waals surface area contributed by atoms with E-state index < -0.39 is 17.5 Å². The Hall–Kier alpha value is -2.98. The van der Waals surface area contributed by atoms with E-state index in [0.29, 0.717) is 35.4 Å². The highest BCUT2D eigenvalue weighted by atomic mass is 32.1. The second-order valence-corrected chi connectivity index (χ2v) is 7.99. The van der Waals surface area contributed by atoms with Crippen molar-refractivity contribution in [2.24, 2.45) is 5.73 Å². The zero-order valence-corrected chi connectivity index (χ0v) is 16.4. The van der Waals surface area contributed by atoms with Gasteiger partial charge in [-0.2, -0.15) is 13.2 Å². The molecule has 0 aliphatic heterocycles. The molecule has 0 aliphatic rings. The van der Waals surface area contributed by atoms with Gasteiger partial charge in [0.1, 0.15) is 10.0 Å². The normalized spacial score (nSPS) is 13.1. The lowest BCUT2D eigenvalue weighted by molar-refractivity contribution is -0.137. The first-order valence-electron chi connectivity index (χ1n) is 9.15. The highest BCUT2D eigenvalue weighted by molar-refractivity contribution is 7.14. The molecule has 2 heterocycles. The lowest BCUT2D eigenvalue weighted by Gasteiger charge is -2.12. The van der Waals surface area contributed by atoms with Crippen LogP contribution < -0.4 is 11.5 Å². The first kappa shape index (κ1) is 20.3. The van der Waals surface area contributed by atoms with Gasteiger partial charge >= 0.3 is 11.9 Å². The Labute approximate surface area is 172 Å². The number of alkyl halides is 3. The van der Waals surface area contributed by atoms with Gasteiger partial charge < -0.3 is 10.2 Å². The second kappa shape index (κ2) is 8.04. The van der Waals surface area contributed by atoms with Crippen molar-refractivity contribution in [3.8, 4) is 10.6 Å². The highest BCUT2D eigenvalue weighted by Crippen LogP contribution is 2.29. The van der Waals surface area contributed by atoms with Crippen molar-refractivity contribution in [1.82, 2.24) is 15.2 Å². The van der Waals surface area contributed by atoms with Crippen LogP contribution in [0.1, 0.15) is 22.6 Å². The van der Waals surface area contributed by atoms with Gasteiger partial charge in [-0.1, -0.05) is 23.5 Å². The van der Waals surface area contributed by atoms with Crippen LogP contribution in [-0.4, -0.2) is 21.2 Å². The monoisotopic (exact) mass is 434 g/mol. The number of rotatable bonds is 6. The molecule has 3 N–H and O–H groups in total. The van der Waals surface area contributed by atoms with E-state index in [9.17, 15) is 18.0 Å². The highest BCUT2D eigenvalue weighted by Gasteiger charge is 2.29. The van der Waals surface area contributed by atoms with Crippen molar-refractivity contribution >= 4 is 22.4 Å². The largest absolute Gasteiger partial charge is 0.417 e. The lowest BCUT2D eigenvalue weighted by Crippen LogP contribution is -2.23. The SMILES string of the molecule is N[C@H](CCc1nnc(-c2ccc3[nH]c(=O)oc3c2)s1)Cc1ccc(C(F)(F)F)cc1. The smallest absolute Gasteiger partial charge is 0.408 e. The molecule has 4 aromatic rings. The van der Waals surface area contributed by atoms with E-state index in [4.69, 9.17) is 10.2 Å². The number of fused-ring (bicyclic) bond motifs is 1. The summed E-state index contributed by atoms with van der Waals surface area (Å²) in [5.74, 6) is -0.512. The Morgan fingerprint density at radius 2 is 1.90 bits per heavy atom. The van der Waals surface area contributed by atoms with Gasteiger partial charge in [0, 0.05) is 18.0 Å². The molecular formula is C20H17F3N4O2S. The van der Waals surface area contributed by atoms with Gasteiger partial charge in [0.05, 0.1) is 11.1 Å². The zero-order valence-electron chi connectivity index (χ0n) is 15.6. The van der Waals surface area contributed by atoms with E-state index in [1.807, 2.05) is 6.07 Å². The number of nitrogens with two attached hydrogens (primary N) is 1. The quantitative estimate of drug-likeness (QED) is 0.475. The van der Waals surface area contributed by atoms with E-state index in [0.717, 1.165) is 28.3 Å². The summed E-state index contributed by atoms with van der Waals surface area (Å²) in [4.78, 5) is 13.9. The van der Waals surface area contributed by atoms with Crippen LogP contribution in [0.25, 0.3) is 21.7 Å². The molecule has 0 radical (unpaired) electrons. The number of benzene rings is 2. The van der Waals surface area contributed by atoms with Crippen LogP contribution in [0.15, 0.2) is 51.7 Å². The number of hydrogen-bond donors (Lipinski definition) is 2. The Morgan fingerprint density at radius 1 is 1.13 bits per heavy atom. The number of aromatic amines is 1. The lowest BCUT2D eigenvalue weighted by atomic mass is 10.0. The fourth-order valence-corrected chi connectivity index (χ4v) is 3.94. The summed E-state index contributed by atoms with van der Waals surface area (Å²) in [6.07, 6.45) is -2.62. The molecule has 0 saturated heterocycles. The van der Waals surface area contributed by atoms with E-state index in [-0.39, 0.29) is 6.04 Å². The van der Waals surface area contributed by atoms with Crippen molar-refractivity contribution < 1.29 is 17.6 Å². The predicted molar refractivity (Wildman–Crippen MR) is 107 cm³/mol. The molecule has 156 valence electrons. The molecular weight excluding hydrogens is 417 g/mol. The van der Waals surface area contributed by atoms with Gasteiger partial charge in [0.15, 0.2) is 5.58 Å². The summed E-state index contributed by atoms with van der Waals surface area (Å²) in [5.41, 5.74) is 8.10. The summed E-state index contributed by atoms with van der Waals surface area (Å²) in [7, 11) is 0. The number of aromatic nitrogens is 3. The molecule has 0 bridgehead atoms. The van der Waals surface area contributed by atoms with E-state index >= 15 is 0 Å². The number of oxazole rings is 1. The van der Waals surface area contributed by atoms with Crippen molar-refractivity contribution in [1.29, 1.82) is 0 Å². The Morgan fingerprint density at radius 3 is 2.63 bits per heavy atom. The van der Waals surface area contributed by atoms with E-state index in [2.05, 4.69) is 15.2 Å².